The Bertz CT molecular complexity index is 1140. The van der Waals surface area contributed by atoms with Crippen LogP contribution >= 0.6 is 0 Å². The summed E-state index contributed by atoms with van der Waals surface area (Å²) >= 11 is 0. The van der Waals surface area contributed by atoms with E-state index in [1.807, 2.05) is 62.4 Å². The predicted molar refractivity (Wildman–Crippen MR) is 138 cm³/mol. The second kappa shape index (κ2) is 10.3. The van der Waals surface area contributed by atoms with Crippen molar-refractivity contribution in [3.05, 3.63) is 71.8 Å². The monoisotopic (exact) mass is 509 g/mol. The number of hydrogen-bond donors (Lipinski definition) is 2. The first-order chi connectivity index (χ1) is 17.4. The van der Waals surface area contributed by atoms with Crippen LogP contribution in [0.25, 0.3) is 11.1 Å². The summed E-state index contributed by atoms with van der Waals surface area (Å²) in [5, 5.41) is 12.3. The summed E-state index contributed by atoms with van der Waals surface area (Å²) in [7, 11) is 0. The molecular weight excluding hydrogens is 474 g/mol. The van der Waals surface area contributed by atoms with E-state index < -0.39 is 41.7 Å². The molecule has 1 aliphatic heterocycles. The number of carbonyl (C=O) groups is 2. The van der Waals surface area contributed by atoms with Crippen molar-refractivity contribution in [2.75, 3.05) is 13.2 Å². The van der Waals surface area contributed by atoms with Gasteiger partial charge in [-0.3, -0.25) is 0 Å². The molecule has 1 fully saturated rings. The van der Waals surface area contributed by atoms with Crippen molar-refractivity contribution in [2.24, 2.45) is 0 Å². The minimum Gasteiger partial charge on any atom is -0.480 e. The summed E-state index contributed by atoms with van der Waals surface area (Å²) in [5.74, 6) is -2.09. The Morgan fingerprint density at radius 2 is 1.70 bits per heavy atom. The molecule has 2 N–H and O–H groups in total. The van der Waals surface area contributed by atoms with Gasteiger partial charge >= 0.3 is 12.1 Å². The molecule has 3 atom stereocenters. The van der Waals surface area contributed by atoms with Crippen LogP contribution in [0.4, 0.5) is 4.79 Å². The van der Waals surface area contributed by atoms with E-state index in [0.717, 1.165) is 22.3 Å². The maximum Gasteiger partial charge on any atom is 0.407 e. The minimum atomic E-state index is -1.33. The van der Waals surface area contributed by atoms with E-state index in [0.29, 0.717) is 12.2 Å². The zero-order valence-corrected chi connectivity index (χ0v) is 21.9. The highest BCUT2D eigenvalue weighted by Gasteiger charge is 2.41. The molecule has 0 radical (unpaired) electrons. The molecule has 37 heavy (non-hydrogen) atoms. The Labute approximate surface area is 217 Å². The third kappa shape index (κ3) is 5.71. The number of fused-ring (bicyclic) bond motifs is 3. The average molecular weight is 510 g/mol. The summed E-state index contributed by atoms with van der Waals surface area (Å²) in [6.45, 7) is 13.3. The van der Waals surface area contributed by atoms with Crippen LogP contribution in [0, 0.1) is 0 Å². The molecule has 2 aromatic carbocycles. The molecule has 1 aliphatic carbocycles. The van der Waals surface area contributed by atoms with Crippen LogP contribution in [0.5, 0.6) is 0 Å². The van der Waals surface area contributed by atoms with Crippen molar-refractivity contribution in [1.29, 1.82) is 0 Å². The molecule has 0 aromatic heterocycles. The van der Waals surface area contributed by atoms with E-state index >= 15 is 0 Å². The number of aliphatic carboxylic acids is 1. The summed E-state index contributed by atoms with van der Waals surface area (Å²) in [5.41, 5.74) is 4.05. The Balaban J connectivity index is 1.38. The molecule has 2 aliphatic rings. The maximum absolute atomic E-state index is 12.7. The number of carboxylic acids is 1. The van der Waals surface area contributed by atoms with Crippen LogP contribution in [0.2, 0.25) is 0 Å². The molecule has 4 rings (SSSR count). The van der Waals surface area contributed by atoms with Crippen molar-refractivity contribution in [3.8, 4) is 11.1 Å². The number of nitrogens with one attached hydrogen (secondary N) is 1. The van der Waals surface area contributed by atoms with Gasteiger partial charge in [0.2, 0.25) is 0 Å². The van der Waals surface area contributed by atoms with Gasteiger partial charge in [-0.25, -0.2) is 9.59 Å². The number of amides is 1. The number of rotatable bonds is 9. The van der Waals surface area contributed by atoms with Crippen LogP contribution < -0.4 is 5.32 Å². The Hall–Kier alpha value is -3.20. The normalized spacial score (nSPS) is 20.0. The molecule has 8 nitrogen and oxygen atoms in total. The highest BCUT2D eigenvalue weighted by molar-refractivity contribution is 5.81. The third-order valence-corrected chi connectivity index (χ3v) is 7.00. The van der Waals surface area contributed by atoms with Crippen molar-refractivity contribution in [3.63, 3.8) is 0 Å². The number of carbonyl (C=O) groups excluding carboxylic acids is 1. The van der Waals surface area contributed by atoms with Gasteiger partial charge in [0.25, 0.3) is 0 Å². The molecule has 0 spiro atoms. The lowest BCUT2D eigenvalue weighted by molar-refractivity contribution is -0.148. The molecule has 1 heterocycles. The van der Waals surface area contributed by atoms with Crippen LogP contribution in [-0.4, -0.2) is 60.0 Å². The van der Waals surface area contributed by atoms with E-state index in [4.69, 9.17) is 18.9 Å². The zero-order valence-electron chi connectivity index (χ0n) is 21.9. The van der Waals surface area contributed by atoms with Gasteiger partial charge in [0.15, 0.2) is 11.8 Å². The fraction of sp³-hybridized carbons (Fsp3) is 0.448. The first-order valence-electron chi connectivity index (χ1n) is 12.4. The Morgan fingerprint density at radius 3 is 2.22 bits per heavy atom. The van der Waals surface area contributed by atoms with Crippen LogP contribution in [-0.2, 0) is 23.7 Å². The summed E-state index contributed by atoms with van der Waals surface area (Å²) in [4.78, 5) is 24.8. The number of carboxylic acid groups (broad SMARTS) is 1. The van der Waals surface area contributed by atoms with E-state index in [9.17, 15) is 14.7 Å². The molecule has 1 saturated heterocycles. The minimum absolute atomic E-state index is 0.0819. The lowest BCUT2D eigenvalue weighted by Gasteiger charge is -2.35. The molecule has 198 valence electrons. The highest BCUT2D eigenvalue weighted by atomic mass is 16.7. The van der Waals surface area contributed by atoms with Crippen LogP contribution in [0.15, 0.2) is 60.7 Å². The first kappa shape index (κ1) is 26.9. The third-order valence-electron chi connectivity index (χ3n) is 7.00. The number of alkyl carbamates (subject to hydrolysis) is 1. The van der Waals surface area contributed by atoms with Gasteiger partial charge in [-0.15, -0.1) is 0 Å². The van der Waals surface area contributed by atoms with Gasteiger partial charge in [0.1, 0.15) is 12.7 Å². The fourth-order valence-electron chi connectivity index (χ4n) is 5.00. The molecular formula is C29H35NO7. The second-order valence-corrected chi connectivity index (χ2v) is 10.5. The quantitative estimate of drug-likeness (QED) is 0.465. The lowest BCUT2D eigenvalue weighted by atomic mass is 9.94. The van der Waals surface area contributed by atoms with Gasteiger partial charge in [-0.2, -0.15) is 0 Å². The van der Waals surface area contributed by atoms with Gasteiger partial charge in [0.05, 0.1) is 18.3 Å². The molecule has 0 saturated carbocycles. The SMILES string of the molecule is C=C([C@H]1COC(C)(C)O1)C(C)(C)O[C@@H](C)[C@H](NC(=O)OCC1c2ccccc2-c2ccccc21)C(=O)O. The van der Waals surface area contributed by atoms with Crippen molar-refractivity contribution < 1.29 is 33.6 Å². The van der Waals surface area contributed by atoms with Crippen molar-refractivity contribution in [2.45, 2.75) is 70.2 Å². The van der Waals surface area contributed by atoms with Gasteiger partial charge < -0.3 is 29.4 Å². The lowest BCUT2D eigenvalue weighted by Crippen LogP contribution is -2.51. The molecule has 2 aromatic rings. The predicted octanol–water partition coefficient (Wildman–Crippen LogP) is 4.87. The highest BCUT2D eigenvalue weighted by Crippen LogP contribution is 2.44. The van der Waals surface area contributed by atoms with Gasteiger partial charge in [-0.05, 0) is 62.4 Å². The Kier molecular flexibility index (Phi) is 7.46. The van der Waals surface area contributed by atoms with Gasteiger partial charge in [0, 0.05) is 5.92 Å². The van der Waals surface area contributed by atoms with Gasteiger partial charge in [-0.1, -0.05) is 55.1 Å². The van der Waals surface area contributed by atoms with E-state index in [1.54, 1.807) is 20.8 Å². The van der Waals surface area contributed by atoms with Crippen LogP contribution in [0.3, 0.4) is 0 Å². The topological polar surface area (TPSA) is 103 Å². The number of benzene rings is 2. The summed E-state index contributed by atoms with van der Waals surface area (Å²) < 4.78 is 23.1. The number of hydrogen-bond acceptors (Lipinski definition) is 6. The first-order valence-corrected chi connectivity index (χ1v) is 12.4. The van der Waals surface area contributed by atoms with Crippen molar-refractivity contribution in [1.82, 2.24) is 5.32 Å². The standard InChI is InChI=1S/C29H35NO7/c1-17(24-16-35-29(5,6)37-24)28(3,4)36-18(2)25(26(31)32)30-27(33)34-15-23-21-13-9-7-11-19(21)20-12-8-10-14-22(20)23/h7-14,18,23-25H,1,15-16H2,2-6H3,(H,30,33)(H,31,32)/t18-,24+,25-/m0/s1. The zero-order chi connectivity index (χ0) is 27.0. The van der Waals surface area contributed by atoms with Crippen molar-refractivity contribution >= 4 is 12.1 Å². The summed E-state index contributed by atoms with van der Waals surface area (Å²) in [6.07, 6.45) is -2.11. The maximum atomic E-state index is 12.7. The molecule has 8 heteroatoms. The fourth-order valence-corrected chi connectivity index (χ4v) is 5.00. The van der Waals surface area contributed by atoms with Crippen LogP contribution in [0.1, 0.15) is 51.7 Å². The molecule has 0 bridgehead atoms. The van der Waals surface area contributed by atoms with E-state index in [2.05, 4.69) is 11.9 Å². The van der Waals surface area contributed by atoms with E-state index in [-0.39, 0.29) is 12.5 Å². The second-order valence-electron chi connectivity index (χ2n) is 10.5. The largest absolute Gasteiger partial charge is 0.480 e. The smallest absolute Gasteiger partial charge is 0.407 e. The molecule has 0 unspecified atom stereocenters. The summed E-state index contributed by atoms with van der Waals surface area (Å²) in [6, 6.07) is 14.7. The Morgan fingerprint density at radius 1 is 1.14 bits per heavy atom. The van der Waals surface area contributed by atoms with E-state index in [1.165, 1.54) is 0 Å². The number of ether oxygens (including phenoxy) is 4. The average Bonchev–Trinajstić information content (AvgIpc) is 3.37. The molecule has 1 amide bonds.